The van der Waals surface area contributed by atoms with Gasteiger partial charge in [0.2, 0.25) is 5.43 Å². The number of fused-ring (bicyclic) bond motifs is 1. The zero-order valence-corrected chi connectivity index (χ0v) is 17.2. The first kappa shape index (κ1) is 22.6. The number of nitrogens with zero attached hydrogens (tertiary/aromatic N) is 1. The molecule has 4 aromatic rings. The van der Waals surface area contributed by atoms with Crippen LogP contribution in [0.2, 0.25) is 0 Å². The number of halogens is 3. The van der Waals surface area contributed by atoms with Gasteiger partial charge in [0.25, 0.3) is 0 Å². The SMILES string of the molecule is O=C(O)c1cn(C(=O)Nc2ccccc2-c2cccc(OC(F)(F)F)c2)c2ccccc2c1=O. The molecule has 34 heavy (non-hydrogen) atoms. The summed E-state index contributed by atoms with van der Waals surface area (Å²) in [7, 11) is 0. The van der Waals surface area contributed by atoms with Crippen LogP contribution in [0.25, 0.3) is 22.0 Å². The van der Waals surface area contributed by atoms with Gasteiger partial charge in [-0.3, -0.25) is 9.36 Å². The van der Waals surface area contributed by atoms with Gasteiger partial charge in [-0.2, -0.15) is 0 Å². The number of aromatic carboxylic acids is 1. The van der Waals surface area contributed by atoms with E-state index < -0.39 is 35.1 Å². The number of para-hydroxylation sites is 2. The zero-order valence-electron chi connectivity index (χ0n) is 17.2. The fourth-order valence-electron chi connectivity index (χ4n) is 3.48. The molecule has 0 radical (unpaired) electrons. The summed E-state index contributed by atoms with van der Waals surface area (Å²) in [6.07, 6.45) is -3.93. The van der Waals surface area contributed by atoms with Gasteiger partial charge in [-0.25, -0.2) is 9.59 Å². The van der Waals surface area contributed by atoms with Crippen LogP contribution in [-0.2, 0) is 0 Å². The van der Waals surface area contributed by atoms with Crippen LogP contribution in [0.3, 0.4) is 0 Å². The molecule has 0 atom stereocenters. The number of carbonyl (C=O) groups is 2. The molecule has 0 bridgehead atoms. The standard InChI is InChI=1S/C24H15F3N2O5/c25-24(26,27)34-15-7-5-6-14(12-15)16-8-1-3-10-19(16)28-23(33)29-13-18(22(31)32)21(30)17-9-2-4-11-20(17)29/h1-13H,(H,28,33)(H,31,32). The molecule has 0 spiro atoms. The lowest BCUT2D eigenvalue weighted by molar-refractivity contribution is -0.274. The third kappa shape index (κ3) is 4.60. The average Bonchev–Trinajstić information content (AvgIpc) is 2.78. The molecule has 0 aliphatic rings. The van der Waals surface area contributed by atoms with Crippen molar-refractivity contribution in [3.05, 3.63) is 94.8 Å². The summed E-state index contributed by atoms with van der Waals surface area (Å²) in [6, 6.07) is 16.9. The molecule has 3 aromatic carbocycles. The normalized spacial score (nSPS) is 11.3. The summed E-state index contributed by atoms with van der Waals surface area (Å²) in [5.41, 5.74) is -0.140. The van der Waals surface area contributed by atoms with E-state index in [1.54, 1.807) is 36.4 Å². The maximum Gasteiger partial charge on any atom is 0.573 e. The molecule has 1 aromatic heterocycles. The zero-order chi connectivity index (χ0) is 24.5. The Morgan fingerprint density at radius 3 is 2.38 bits per heavy atom. The first-order valence-corrected chi connectivity index (χ1v) is 9.78. The van der Waals surface area contributed by atoms with Crippen LogP contribution < -0.4 is 15.5 Å². The van der Waals surface area contributed by atoms with E-state index in [0.717, 1.165) is 16.8 Å². The summed E-state index contributed by atoms with van der Waals surface area (Å²) in [5.74, 6) is -1.91. The molecule has 4 rings (SSSR count). The third-order valence-corrected chi connectivity index (χ3v) is 4.91. The maximum atomic E-state index is 13.1. The molecule has 1 amide bonds. The van der Waals surface area contributed by atoms with E-state index in [0.29, 0.717) is 11.1 Å². The Morgan fingerprint density at radius 2 is 1.65 bits per heavy atom. The van der Waals surface area contributed by atoms with Crippen LogP contribution >= 0.6 is 0 Å². The van der Waals surface area contributed by atoms with Gasteiger partial charge in [-0.1, -0.05) is 42.5 Å². The lowest BCUT2D eigenvalue weighted by atomic mass is 10.0. The number of alkyl halides is 3. The number of ether oxygens (including phenoxy) is 1. The van der Waals surface area contributed by atoms with Crippen LogP contribution in [0.15, 0.2) is 83.8 Å². The molecule has 172 valence electrons. The summed E-state index contributed by atoms with van der Waals surface area (Å²) < 4.78 is 42.8. The molecular weight excluding hydrogens is 453 g/mol. The predicted molar refractivity (Wildman–Crippen MR) is 118 cm³/mol. The van der Waals surface area contributed by atoms with E-state index in [9.17, 15) is 32.7 Å². The minimum Gasteiger partial charge on any atom is -0.477 e. The number of aromatic nitrogens is 1. The van der Waals surface area contributed by atoms with Crippen LogP contribution in [0.1, 0.15) is 10.4 Å². The number of hydrogen-bond acceptors (Lipinski definition) is 4. The van der Waals surface area contributed by atoms with Gasteiger partial charge in [0.1, 0.15) is 11.3 Å². The highest BCUT2D eigenvalue weighted by atomic mass is 19.4. The largest absolute Gasteiger partial charge is 0.573 e. The Labute approximate surface area is 189 Å². The number of anilines is 1. The minimum atomic E-state index is -4.86. The minimum absolute atomic E-state index is 0.0443. The molecule has 0 aliphatic carbocycles. The fourth-order valence-corrected chi connectivity index (χ4v) is 3.48. The number of carboxylic acid groups (broad SMARTS) is 1. The van der Waals surface area contributed by atoms with E-state index in [4.69, 9.17) is 0 Å². The Balaban J connectivity index is 1.75. The molecular formula is C24H15F3N2O5. The highest BCUT2D eigenvalue weighted by Gasteiger charge is 2.31. The van der Waals surface area contributed by atoms with Crippen molar-refractivity contribution in [2.75, 3.05) is 5.32 Å². The number of benzene rings is 3. The van der Waals surface area contributed by atoms with Crippen LogP contribution in [0.4, 0.5) is 23.7 Å². The average molecular weight is 468 g/mol. The molecule has 10 heteroatoms. The van der Waals surface area contributed by atoms with Gasteiger partial charge in [-0.05, 0) is 35.9 Å². The Morgan fingerprint density at radius 1 is 0.941 bits per heavy atom. The van der Waals surface area contributed by atoms with Crippen molar-refractivity contribution in [3.8, 4) is 16.9 Å². The quantitative estimate of drug-likeness (QED) is 0.421. The molecule has 0 fully saturated rings. The number of rotatable bonds is 4. The third-order valence-electron chi connectivity index (χ3n) is 4.91. The van der Waals surface area contributed by atoms with E-state index >= 15 is 0 Å². The molecule has 0 saturated heterocycles. The maximum absolute atomic E-state index is 13.1. The predicted octanol–water partition coefficient (Wildman–Crippen LogP) is 5.35. The Hall–Kier alpha value is -4.60. The van der Waals surface area contributed by atoms with E-state index in [-0.39, 0.29) is 16.6 Å². The van der Waals surface area contributed by atoms with Crippen molar-refractivity contribution >= 4 is 28.6 Å². The van der Waals surface area contributed by atoms with Crippen molar-refractivity contribution in [2.24, 2.45) is 0 Å². The Bertz CT molecular complexity index is 1480. The molecule has 1 heterocycles. The summed E-state index contributed by atoms with van der Waals surface area (Å²) in [5, 5.41) is 12.1. The first-order chi connectivity index (χ1) is 16.1. The number of pyridine rings is 1. The number of amides is 1. The summed E-state index contributed by atoms with van der Waals surface area (Å²) in [6.45, 7) is 0. The monoisotopic (exact) mass is 468 g/mol. The second kappa shape index (κ2) is 8.74. The van der Waals surface area contributed by atoms with Gasteiger partial charge in [0.05, 0.1) is 11.2 Å². The molecule has 2 N–H and O–H groups in total. The lowest BCUT2D eigenvalue weighted by Gasteiger charge is -2.15. The van der Waals surface area contributed by atoms with Crippen molar-refractivity contribution in [1.82, 2.24) is 4.57 Å². The van der Waals surface area contributed by atoms with E-state index in [2.05, 4.69) is 10.1 Å². The molecule has 0 saturated carbocycles. The van der Waals surface area contributed by atoms with Crippen LogP contribution in [-0.4, -0.2) is 28.0 Å². The highest BCUT2D eigenvalue weighted by molar-refractivity contribution is 6.02. The summed E-state index contributed by atoms with van der Waals surface area (Å²) >= 11 is 0. The van der Waals surface area contributed by atoms with Crippen LogP contribution in [0, 0.1) is 0 Å². The number of hydrogen-bond donors (Lipinski definition) is 2. The molecule has 0 aliphatic heterocycles. The van der Waals surface area contributed by atoms with E-state index in [1.165, 1.54) is 30.3 Å². The van der Waals surface area contributed by atoms with Crippen molar-refractivity contribution < 1.29 is 32.6 Å². The van der Waals surface area contributed by atoms with Crippen molar-refractivity contribution in [3.63, 3.8) is 0 Å². The summed E-state index contributed by atoms with van der Waals surface area (Å²) in [4.78, 5) is 37.1. The Kier molecular flexibility index (Phi) is 5.80. The van der Waals surface area contributed by atoms with Crippen molar-refractivity contribution in [2.45, 2.75) is 6.36 Å². The van der Waals surface area contributed by atoms with E-state index in [1.807, 2.05) is 0 Å². The number of nitrogens with one attached hydrogen (secondary N) is 1. The smallest absolute Gasteiger partial charge is 0.477 e. The number of carboxylic acids is 1. The lowest BCUT2D eigenvalue weighted by Crippen LogP contribution is -2.25. The van der Waals surface area contributed by atoms with Crippen molar-refractivity contribution in [1.29, 1.82) is 0 Å². The van der Waals surface area contributed by atoms with Gasteiger partial charge < -0.3 is 15.2 Å². The fraction of sp³-hybridized carbons (Fsp3) is 0.0417. The van der Waals surface area contributed by atoms with Gasteiger partial charge in [0, 0.05) is 17.1 Å². The van der Waals surface area contributed by atoms with Gasteiger partial charge >= 0.3 is 18.4 Å². The second-order valence-electron chi connectivity index (χ2n) is 7.12. The first-order valence-electron chi connectivity index (χ1n) is 9.78. The topological polar surface area (TPSA) is 97.6 Å². The molecule has 7 nitrogen and oxygen atoms in total. The second-order valence-corrected chi connectivity index (χ2v) is 7.12. The van der Waals surface area contributed by atoms with Gasteiger partial charge in [0.15, 0.2) is 0 Å². The highest BCUT2D eigenvalue weighted by Crippen LogP contribution is 2.32. The number of carbonyl (C=O) groups excluding carboxylic acids is 1. The molecule has 0 unspecified atom stereocenters. The van der Waals surface area contributed by atoms with Gasteiger partial charge in [-0.15, -0.1) is 13.2 Å². The van der Waals surface area contributed by atoms with Crippen LogP contribution in [0.5, 0.6) is 5.75 Å².